The third-order valence-corrected chi connectivity index (χ3v) is 4.47. The third kappa shape index (κ3) is 4.29. The van der Waals surface area contributed by atoms with Crippen LogP contribution in [0.15, 0.2) is 66.6 Å². The zero-order chi connectivity index (χ0) is 18.4. The van der Waals surface area contributed by atoms with Gasteiger partial charge in [-0.15, -0.1) is 17.9 Å². The van der Waals surface area contributed by atoms with Crippen LogP contribution in [0.2, 0.25) is 0 Å². The van der Waals surface area contributed by atoms with E-state index in [0.29, 0.717) is 17.9 Å². The van der Waals surface area contributed by atoms with Crippen LogP contribution in [-0.2, 0) is 0 Å². The Morgan fingerprint density at radius 3 is 2.81 bits per heavy atom. The molecule has 0 spiro atoms. The average molecular weight is 365 g/mol. The predicted octanol–water partition coefficient (Wildman–Crippen LogP) is 4.67. The monoisotopic (exact) mass is 365 g/mol. The van der Waals surface area contributed by atoms with Crippen molar-refractivity contribution in [3.63, 3.8) is 0 Å². The summed E-state index contributed by atoms with van der Waals surface area (Å²) in [4.78, 5) is 16.9. The van der Waals surface area contributed by atoms with Crippen LogP contribution in [-0.4, -0.2) is 24.5 Å². The van der Waals surface area contributed by atoms with Crippen molar-refractivity contribution in [1.29, 1.82) is 0 Å². The summed E-state index contributed by atoms with van der Waals surface area (Å²) in [7, 11) is 1.59. The van der Waals surface area contributed by atoms with Crippen LogP contribution in [0.1, 0.15) is 10.4 Å². The van der Waals surface area contributed by atoms with Gasteiger partial charge >= 0.3 is 0 Å². The summed E-state index contributed by atoms with van der Waals surface area (Å²) in [5.41, 5.74) is 3.10. The number of rotatable bonds is 7. The van der Waals surface area contributed by atoms with E-state index in [1.54, 1.807) is 37.5 Å². The van der Waals surface area contributed by atoms with Gasteiger partial charge in [-0.1, -0.05) is 18.2 Å². The highest BCUT2D eigenvalue weighted by Crippen LogP contribution is 2.27. The first kappa shape index (κ1) is 17.7. The van der Waals surface area contributed by atoms with Gasteiger partial charge in [-0.3, -0.25) is 4.79 Å². The number of nitrogens with one attached hydrogen (secondary N) is 2. The highest BCUT2D eigenvalue weighted by molar-refractivity contribution is 7.14. The number of benzene rings is 2. The summed E-state index contributed by atoms with van der Waals surface area (Å²) in [6, 6.07) is 14.6. The molecule has 1 amide bonds. The Labute approximate surface area is 156 Å². The van der Waals surface area contributed by atoms with Crippen molar-refractivity contribution in [2.24, 2.45) is 0 Å². The Balaban J connectivity index is 1.73. The van der Waals surface area contributed by atoms with E-state index in [4.69, 9.17) is 4.74 Å². The minimum Gasteiger partial charge on any atom is -0.497 e. The van der Waals surface area contributed by atoms with E-state index in [1.165, 1.54) is 11.3 Å². The molecule has 132 valence electrons. The van der Waals surface area contributed by atoms with E-state index in [9.17, 15) is 4.79 Å². The van der Waals surface area contributed by atoms with Gasteiger partial charge in [0, 0.05) is 28.7 Å². The molecule has 0 aliphatic carbocycles. The van der Waals surface area contributed by atoms with Gasteiger partial charge in [-0.05, 0) is 36.4 Å². The summed E-state index contributed by atoms with van der Waals surface area (Å²) in [5.74, 6) is 0.546. The minimum atomic E-state index is -0.170. The largest absolute Gasteiger partial charge is 0.497 e. The van der Waals surface area contributed by atoms with Gasteiger partial charge in [0.25, 0.3) is 5.91 Å². The summed E-state index contributed by atoms with van der Waals surface area (Å²) in [5, 5.41) is 8.91. The molecule has 0 bridgehead atoms. The molecule has 0 unspecified atom stereocenters. The molecule has 0 saturated heterocycles. The number of hydrogen-bond donors (Lipinski definition) is 2. The molecular formula is C20H19N3O2S. The lowest BCUT2D eigenvalue weighted by molar-refractivity contribution is 0.102. The molecule has 2 N–H and O–H groups in total. The lowest BCUT2D eigenvalue weighted by Crippen LogP contribution is -2.11. The molecule has 26 heavy (non-hydrogen) atoms. The third-order valence-electron chi connectivity index (χ3n) is 3.67. The van der Waals surface area contributed by atoms with Crippen molar-refractivity contribution in [3.05, 3.63) is 72.1 Å². The van der Waals surface area contributed by atoms with Gasteiger partial charge in [-0.25, -0.2) is 4.98 Å². The summed E-state index contributed by atoms with van der Waals surface area (Å²) >= 11 is 1.54. The molecule has 0 saturated carbocycles. The highest BCUT2D eigenvalue weighted by atomic mass is 32.1. The van der Waals surface area contributed by atoms with Gasteiger partial charge in [0.1, 0.15) is 5.75 Å². The second-order valence-electron chi connectivity index (χ2n) is 5.47. The lowest BCUT2D eigenvalue weighted by atomic mass is 10.1. The zero-order valence-electron chi connectivity index (χ0n) is 14.4. The fraction of sp³-hybridized carbons (Fsp3) is 0.100. The fourth-order valence-electron chi connectivity index (χ4n) is 2.35. The van der Waals surface area contributed by atoms with Crippen LogP contribution >= 0.6 is 11.3 Å². The fourth-order valence-corrected chi connectivity index (χ4v) is 3.08. The van der Waals surface area contributed by atoms with Gasteiger partial charge in [0.15, 0.2) is 5.13 Å². The van der Waals surface area contributed by atoms with Crippen LogP contribution in [0.5, 0.6) is 5.75 Å². The van der Waals surface area contributed by atoms with Crippen LogP contribution in [0.25, 0.3) is 11.3 Å². The minimum absolute atomic E-state index is 0.170. The maximum atomic E-state index is 12.4. The average Bonchev–Trinajstić information content (AvgIpc) is 3.15. The Kier molecular flexibility index (Phi) is 5.66. The predicted molar refractivity (Wildman–Crippen MR) is 107 cm³/mol. The highest BCUT2D eigenvalue weighted by Gasteiger charge is 2.09. The maximum absolute atomic E-state index is 12.4. The Morgan fingerprint density at radius 1 is 1.27 bits per heavy atom. The van der Waals surface area contributed by atoms with Gasteiger partial charge in [0.2, 0.25) is 0 Å². The first-order chi connectivity index (χ1) is 12.7. The SMILES string of the molecule is C=CCNc1nc(-c2cccc(NC(=O)c3ccc(OC)cc3)c2)cs1. The van der Waals surface area contributed by atoms with Gasteiger partial charge in [-0.2, -0.15) is 0 Å². The molecule has 0 aliphatic rings. The normalized spacial score (nSPS) is 10.2. The number of hydrogen-bond acceptors (Lipinski definition) is 5. The Bertz CT molecular complexity index is 903. The topological polar surface area (TPSA) is 63.2 Å². The summed E-state index contributed by atoms with van der Waals surface area (Å²) in [6.07, 6.45) is 1.79. The number of anilines is 2. The first-order valence-corrected chi connectivity index (χ1v) is 8.93. The molecule has 1 heterocycles. The van der Waals surface area contributed by atoms with Gasteiger partial charge in [0.05, 0.1) is 12.8 Å². The number of amides is 1. The standard InChI is InChI=1S/C20H19N3O2S/c1-3-11-21-20-23-18(13-26-20)15-5-4-6-16(12-15)22-19(24)14-7-9-17(25-2)10-8-14/h3-10,12-13H,1,11H2,2H3,(H,21,23)(H,22,24). The summed E-state index contributed by atoms with van der Waals surface area (Å²) < 4.78 is 5.11. The molecule has 3 rings (SSSR count). The maximum Gasteiger partial charge on any atom is 0.255 e. The number of carbonyl (C=O) groups is 1. The number of methoxy groups -OCH3 is 1. The first-order valence-electron chi connectivity index (χ1n) is 8.05. The molecule has 2 aromatic carbocycles. The molecule has 1 aromatic heterocycles. The van der Waals surface area contributed by atoms with E-state index in [-0.39, 0.29) is 5.91 Å². The van der Waals surface area contributed by atoms with E-state index >= 15 is 0 Å². The van der Waals surface area contributed by atoms with Crippen molar-refractivity contribution in [2.75, 3.05) is 24.3 Å². The molecule has 0 atom stereocenters. The Hall–Kier alpha value is -3.12. The molecule has 0 radical (unpaired) electrons. The zero-order valence-corrected chi connectivity index (χ0v) is 15.2. The second-order valence-corrected chi connectivity index (χ2v) is 6.33. The molecule has 5 nitrogen and oxygen atoms in total. The number of nitrogens with zero attached hydrogens (tertiary/aromatic N) is 1. The quantitative estimate of drug-likeness (QED) is 0.597. The number of carbonyl (C=O) groups excluding carboxylic acids is 1. The van der Waals surface area contributed by atoms with E-state index < -0.39 is 0 Å². The van der Waals surface area contributed by atoms with E-state index in [1.807, 2.05) is 29.6 Å². The van der Waals surface area contributed by atoms with E-state index in [2.05, 4.69) is 22.2 Å². The molecular weight excluding hydrogens is 346 g/mol. The molecule has 0 aliphatic heterocycles. The van der Waals surface area contributed by atoms with E-state index in [0.717, 1.165) is 22.1 Å². The van der Waals surface area contributed by atoms with Crippen molar-refractivity contribution < 1.29 is 9.53 Å². The van der Waals surface area contributed by atoms with Crippen LogP contribution in [0, 0.1) is 0 Å². The van der Waals surface area contributed by atoms with Crippen molar-refractivity contribution in [2.45, 2.75) is 0 Å². The second kappa shape index (κ2) is 8.31. The van der Waals surface area contributed by atoms with Gasteiger partial charge < -0.3 is 15.4 Å². The van der Waals surface area contributed by atoms with Crippen molar-refractivity contribution in [3.8, 4) is 17.0 Å². The molecule has 3 aromatic rings. The molecule has 6 heteroatoms. The summed E-state index contributed by atoms with van der Waals surface area (Å²) in [6.45, 7) is 4.35. The smallest absolute Gasteiger partial charge is 0.255 e. The van der Waals surface area contributed by atoms with Crippen molar-refractivity contribution in [1.82, 2.24) is 4.98 Å². The van der Waals surface area contributed by atoms with Crippen molar-refractivity contribution >= 4 is 28.1 Å². The number of aromatic nitrogens is 1. The number of thiazole rings is 1. The van der Waals surface area contributed by atoms with Crippen LogP contribution in [0.4, 0.5) is 10.8 Å². The molecule has 0 fully saturated rings. The Morgan fingerprint density at radius 2 is 2.08 bits per heavy atom. The lowest BCUT2D eigenvalue weighted by Gasteiger charge is -2.07. The number of ether oxygens (including phenoxy) is 1. The van der Waals surface area contributed by atoms with Crippen LogP contribution < -0.4 is 15.4 Å². The van der Waals surface area contributed by atoms with Crippen LogP contribution in [0.3, 0.4) is 0 Å².